The van der Waals surface area contributed by atoms with Crippen LogP contribution >= 0.6 is 0 Å². The van der Waals surface area contributed by atoms with E-state index >= 15 is 0 Å². The van der Waals surface area contributed by atoms with Gasteiger partial charge < -0.3 is 0 Å². The molecule has 0 N–H and O–H groups in total. The topological polar surface area (TPSA) is 17.1 Å². The molecule has 0 spiro atoms. The van der Waals surface area contributed by atoms with Gasteiger partial charge in [0.05, 0.1) is 5.41 Å². The van der Waals surface area contributed by atoms with Gasteiger partial charge in [-0.15, -0.1) is 0 Å². The molecule has 2 aromatic rings. The van der Waals surface area contributed by atoms with Crippen molar-refractivity contribution in [3.8, 4) is 0 Å². The number of aryl methyl sites for hydroxylation is 2. The van der Waals surface area contributed by atoms with Crippen molar-refractivity contribution in [2.45, 2.75) is 44.9 Å². The minimum Gasteiger partial charge on any atom is -0.298 e. The number of ketones is 1. The Bertz CT molecular complexity index is 631. The van der Waals surface area contributed by atoms with Crippen LogP contribution in [0, 0.1) is 13.8 Å². The second-order valence-corrected chi connectivity index (χ2v) is 6.27. The van der Waals surface area contributed by atoms with Gasteiger partial charge in [0.15, 0.2) is 0 Å². The summed E-state index contributed by atoms with van der Waals surface area (Å²) in [6.07, 6.45) is 3.72. The highest BCUT2D eigenvalue weighted by Gasteiger charge is 2.44. The van der Waals surface area contributed by atoms with Crippen molar-refractivity contribution in [2.24, 2.45) is 0 Å². The number of rotatable bonds is 4. The predicted molar refractivity (Wildman–Crippen MR) is 86.6 cm³/mol. The van der Waals surface area contributed by atoms with Gasteiger partial charge >= 0.3 is 0 Å². The second kappa shape index (κ2) is 5.48. The van der Waals surface area contributed by atoms with Crippen molar-refractivity contribution in [3.63, 3.8) is 0 Å². The summed E-state index contributed by atoms with van der Waals surface area (Å²) in [5.41, 5.74) is 4.64. The average molecular weight is 278 g/mol. The molecular weight excluding hydrogens is 256 g/mol. The van der Waals surface area contributed by atoms with Crippen LogP contribution in [0.1, 0.15) is 41.5 Å². The van der Waals surface area contributed by atoms with Crippen molar-refractivity contribution < 1.29 is 4.79 Å². The molecule has 0 aliphatic heterocycles. The zero-order chi connectivity index (χ0) is 14.9. The molecular formula is C20H22O. The van der Waals surface area contributed by atoms with Crippen LogP contribution in [-0.2, 0) is 16.6 Å². The van der Waals surface area contributed by atoms with E-state index in [2.05, 4.69) is 44.2 Å². The maximum absolute atomic E-state index is 13.0. The van der Waals surface area contributed by atoms with Crippen LogP contribution in [0.2, 0.25) is 0 Å². The van der Waals surface area contributed by atoms with E-state index in [4.69, 9.17) is 0 Å². The van der Waals surface area contributed by atoms with E-state index in [1.807, 2.05) is 18.2 Å². The first kappa shape index (κ1) is 14.1. The van der Waals surface area contributed by atoms with E-state index in [9.17, 15) is 4.79 Å². The van der Waals surface area contributed by atoms with Gasteiger partial charge in [0.1, 0.15) is 5.78 Å². The van der Waals surface area contributed by atoms with Crippen LogP contribution in [0.4, 0.5) is 0 Å². The molecule has 0 aromatic heterocycles. The van der Waals surface area contributed by atoms with Gasteiger partial charge in [0.2, 0.25) is 0 Å². The third-order valence-corrected chi connectivity index (χ3v) is 5.05. The van der Waals surface area contributed by atoms with Gasteiger partial charge in [0.25, 0.3) is 0 Å². The van der Waals surface area contributed by atoms with Gasteiger partial charge in [-0.25, -0.2) is 0 Å². The third kappa shape index (κ3) is 2.42. The Morgan fingerprint density at radius 3 is 2.10 bits per heavy atom. The summed E-state index contributed by atoms with van der Waals surface area (Å²) >= 11 is 0. The molecule has 0 saturated heterocycles. The summed E-state index contributed by atoms with van der Waals surface area (Å²) in [5, 5.41) is 0. The van der Waals surface area contributed by atoms with Crippen molar-refractivity contribution >= 4 is 5.78 Å². The number of carbonyl (C=O) groups excluding carboxylic acids is 1. The predicted octanol–water partition coefficient (Wildman–Crippen LogP) is 4.54. The maximum atomic E-state index is 13.0. The van der Waals surface area contributed by atoms with Crippen molar-refractivity contribution in [3.05, 3.63) is 70.8 Å². The van der Waals surface area contributed by atoms with Crippen LogP contribution < -0.4 is 0 Å². The summed E-state index contributed by atoms with van der Waals surface area (Å²) in [6.45, 7) is 4.21. The van der Waals surface area contributed by atoms with E-state index in [-0.39, 0.29) is 5.41 Å². The molecule has 1 heteroatoms. The molecule has 0 bridgehead atoms. The smallest absolute Gasteiger partial charge is 0.147 e. The molecule has 3 rings (SSSR count). The first-order valence-corrected chi connectivity index (χ1v) is 7.77. The van der Waals surface area contributed by atoms with Crippen molar-refractivity contribution in [1.29, 1.82) is 0 Å². The molecule has 1 nitrogen and oxygen atoms in total. The molecule has 1 fully saturated rings. The molecule has 0 amide bonds. The lowest BCUT2D eigenvalue weighted by Crippen LogP contribution is -2.43. The molecule has 1 saturated carbocycles. The minimum atomic E-state index is -0.226. The molecule has 21 heavy (non-hydrogen) atoms. The molecule has 0 heterocycles. The summed E-state index contributed by atoms with van der Waals surface area (Å²) in [4.78, 5) is 13.0. The van der Waals surface area contributed by atoms with Crippen LogP contribution in [-0.4, -0.2) is 5.78 Å². The molecule has 0 atom stereocenters. The summed E-state index contributed by atoms with van der Waals surface area (Å²) < 4.78 is 0. The quantitative estimate of drug-likeness (QED) is 0.802. The number of hydrogen-bond donors (Lipinski definition) is 0. The zero-order valence-electron chi connectivity index (χ0n) is 12.9. The van der Waals surface area contributed by atoms with Gasteiger partial charge in [-0.2, -0.15) is 0 Å². The lowest BCUT2D eigenvalue weighted by atomic mass is 9.61. The van der Waals surface area contributed by atoms with Crippen molar-refractivity contribution in [2.75, 3.05) is 0 Å². The maximum Gasteiger partial charge on any atom is 0.147 e. The van der Waals surface area contributed by atoms with E-state index in [0.29, 0.717) is 12.2 Å². The molecule has 1 aliphatic carbocycles. The van der Waals surface area contributed by atoms with Gasteiger partial charge in [-0.3, -0.25) is 4.79 Å². The molecule has 0 radical (unpaired) electrons. The third-order valence-electron chi connectivity index (χ3n) is 5.05. The summed E-state index contributed by atoms with van der Waals surface area (Å²) in [5.74, 6) is 0.386. The number of hydrogen-bond acceptors (Lipinski definition) is 1. The highest BCUT2D eigenvalue weighted by molar-refractivity contribution is 5.93. The van der Waals surface area contributed by atoms with Gasteiger partial charge in [0, 0.05) is 6.42 Å². The lowest BCUT2D eigenvalue weighted by Gasteiger charge is -2.41. The highest BCUT2D eigenvalue weighted by atomic mass is 16.1. The fourth-order valence-corrected chi connectivity index (χ4v) is 3.47. The zero-order valence-corrected chi connectivity index (χ0v) is 12.9. The Labute approximate surface area is 127 Å². The van der Waals surface area contributed by atoms with Crippen LogP contribution in [0.25, 0.3) is 0 Å². The standard InChI is InChI=1S/C20H22O/c1-15-8-6-9-16(2)18(15)14-19(21)20(12-7-13-20)17-10-4-3-5-11-17/h3-6,8-11H,7,12-14H2,1-2H3. The lowest BCUT2D eigenvalue weighted by molar-refractivity contribution is -0.127. The van der Waals surface area contributed by atoms with Gasteiger partial charge in [-0.05, 0) is 48.9 Å². The molecule has 1 aliphatic rings. The first-order chi connectivity index (χ1) is 10.1. The largest absolute Gasteiger partial charge is 0.298 e. The number of Topliss-reactive ketones (excluding diaryl/α,β-unsaturated/α-hetero) is 1. The Morgan fingerprint density at radius 1 is 0.952 bits per heavy atom. The van der Waals surface area contributed by atoms with Gasteiger partial charge in [-0.1, -0.05) is 55.0 Å². The average Bonchev–Trinajstić information content (AvgIpc) is 2.43. The summed E-state index contributed by atoms with van der Waals surface area (Å²) in [6, 6.07) is 16.6. The normalized spacial score (nSPS) is 16.3. The number of carbonyl (C=O) groups is 1. The number of benzene rings is 2. The van der Waals surface area contributed by atoms with Crippen molar-refractivity contribution in [1.82, 2.24) is 0 Å². The van der Waals surface area contributed by atoms with E-state index in [1.54, 1.807) is 0 Å². The first-order valence-electron chi connectivity index (χ1n) is 7.77. The Hall–Kier alpha value is -1.89. The fourth-order valence-electron chi connectivity index (χ4n) is 3.47. The van der Waals surface area contributed by atoms with E-state index in [0.717, 1.165) is 19.3 Å². The fraction of sp³-hybridized carbons (Fsp3) is 0.350. The SMILES string of the molecule is Cc1cccc(C)c1CC(=O)C1(c2ccccc2)CCC1. The summed E-state index contributed by atoms with van der Waals surface area (Å²) in [7, 11) is 0. The van der Waals surface area contributed by atoms with Crippen LogP contribution in [0.3, 0.4) is 0 Å². The monoisotopic (exact) mass is 278 g/mol. The minimum absolute atomic E-state index is 0.226. The Morgan fingerprint density at radius 2 is 1.57 bits per heavy atom. The Balaban J connectivity index is 1.91. The molecule has 0 unspecified atom stereocenters. The van der Waals surface area contributed by atoms with Crippen LogP contribution in [0.15, 0.2) is 48.5 Å². The van der Waals surface area contributed by atoms with E-state index in [1.165, 1.54) is 22.3 Å². The van der Waals surface area contributed by atoms with Crippen LogP contribution in [0.5, 0.6) is 0 Å². The Kier molecular flexibility index (Phi) is 3.67. The van der Waals surface area contributed by atoms with E-state index < -0.39 is 0 Å². The second-order valence-electron chi connectivity index (χ2n) is 6.27. The molecule has 2 aromatic carbocycles. The molecule has 108 valence electrons. The highest BCUT2D eigenvalue weighted by Crippen LogP contribution is 2.45.